The molecule has 3 fully saturated rings. The first-order valence-electron chi connectivity index (χ1n) is 9.69. The lowest BCUT2D eigenvalue weighted by Gasteiger charge is -2.36. The van der Waals surface area contributed by atoms with Crippen molar-refractivity contribution in [1.82, 2.24) is 9.80 Å². The Labute approximate surface area is 157 Å². The van der Waals surface area contributed by atoms with Gasteiger partial charge in [0.1, 0.15) is 12.4 Å². The molecule has 1 aromatic rings. The van der Waals surface area contributed by atoms with Crippen LogP contribution in [0.1, 0.15) is 25.7 Å². The number of hydrogen-bond donors (Lipinski definition) is 0. The van der Waals surface area contributed by atoms with Crippen LogP contribution in [0.2, 0.25) is 0 Å². The molecule has 0 N–H and O–H groups in total. The maximum Gasteiger partial charge on any atom is 0.242 e. The molecule has 7 heteroatoms. The highest BCUT2D eigenvalue weighted by molar-refractivity contribution is 6.07. The summed E-state index contributed by atoms with van der Waals surface area (Å²) in [5, 5.41) is 0. The molecule has 0 aromatic heterocycles. The Kier molecular flexibility index (Phi) is 4.85. The number of nitrogens with zero attached hydrogens (tertiary/aromatic N) is 3. The average molecular weight is 373 g/mol. The van der Waals surface area contributed by atoms with Gasteiger partial charge in [-0.15, -0.1) is 0 Å². The van der Waals surface area contributed by atoms with Crippen LogP contribution in [0.15, 0.2) is 24.3 Å². The van der Waals surface area contributed by atoms with Crippen LogP contribution in [0.25, 0.3) is 0 Å². The molecular weight excluding hydrogens is 349 g/mol. The first kappa shape index (κ1) is 17.9. The summed E-state index contributed by atoms with van der Waals surface area (Å²) in [5.41, 5.74) is 0.540. The largest absolute Gasteiger partial charge is 0.366 e. The molecular formula is C20H24FN3O3. The smallest absolute Gasteiger partial charge is 0.242 e. The molecule has 1 saturated carbocycles. The fourth-order valence-corrected chi connectivity index (χ4v) is 4.53. The normalized spacial score (nSPS) is 25.7. The van der Waals surface area contributed by atoms with Gasteiger partial charge >= 0.3 is 0 Å². The van der Waals surface area contributed by atoms with Gasteiger partial charge < -0.3 is 9.80 Å². The highest BCUT2D eigenvalue weighted by Crippen LogP contribution is 2.37. The third kappa shape index (κ3) is 3.31. The van der Waals surface area contributed by atoms with Crippen LogP contribution < -0.4 is 4.90 Å². The van der Waals surface area contributed by atoms with E-state index in [-0.39, 0.29) is 41.9 Å². The van der Waals surface area contributed by atoms with Gasteiger partial charge in [-0.2, -0.15) is 0 Å². The molecule has 2 atom stereocenters. The van der Waals surface area contributed by atoms with Gasteiger partial charge in [0.25, 0.3) is 0 Å². The Balaban J connectivity index is 1.35. The first-order chi connectivity index (χ1) is 13.1. The van der Waals surface area contributed by atoms with Crippen molar-refractivity contribution in [2.24, 2.45) is 11.8 Å². The minimum atomic E-state index is -0.270. The molecule has 0 unspecified atom stereocenters. The van der Waals surface area contributed by atoms with E-state index in [9.17, 15) is 18.8 Å². The maximum absolute atomic E-state index is 13.9. The van der Waals surface area contributed by atoms with E-state index in [2.05, 4.69) is 0 Å². The number of likely N-dealkylation sites (tertiary alicyclic amines) is 1. The van der Waals surface area contributed by atoms with Gasteiger partial charge in [0.05, 0.1) is 17.5 Å². The molecule has 3 aliphatic rings. The zero-order valence-corrected chi connectivity index (χ0v) is 15.3. The van der Waals surface area contributed by atoms with Crippen LogP contribution in [0, 0.1) is 17.7 Å². The summed E-state index contributed by atoms with van der Waals surface area (Å²) in [5.74, 6) is -1.28. The van der Waals surface area contributed by atoms with E-state index in [0.29, 0.717) is 31.9 Å². The van der Waals surface area contributed by atoms with Gasteiger partial charge in [0.2, 0.25) is 17.7 Å². The molecule has 0 spiro atoms. The topological polar surface area (TPSA) is 60.9 Å². The average Bonchev–Trinajstić information content (AvgIpc) is 2.94. The number of rotatable bonds is 3. The van der Waals surface area contributed by atoms with Crippen molar-refractivity contribution in [3.8, 4) is 0 Å². The number of fused-ring (bicyclic) bond motifs is 1. The summed E-state index contributed by atoms with van der Waals surface area (Å²) in [6.45, 7) is 1.80. The summed E-state index contributed by atoms with van der Waals surface area (Å²) in [6, 6.07) is 6.60. The second-order valence-electron chi connectivity index (χ2n) is 7.58. The monoisotopic (exact) mass is 373 g/mol. The predicted octanol–water partition coefficient (Wildman–Crippen LogP) is 1.65. The van der Waals surface area contributed by atoms with Crippen molar-refractivity contribution in [3.63, 3.8) is 0 Å². The van der Waals surface area contributed by atoms with Crippen LogP contribution in [0.5, 0.6) is 0 Å². The number of imide groups is 1. The number of hydrogen-bond acceptors (Lipinski definition) is 4. The Morgan fingerprint density at radius 3 is 2.15 bits per heavy atom. The summed E-state index contributed by atoms with van der Waals surface area (Å²) >= 11 is 0. The molecule has 3 amide bonds. The number of carbonyl (C=O) groups excluding carboxylic acids is 3. The summed E-state index contributed by atoms with van der Waals surface area (Å²) in [6.07, 6.45) is 3.45. The molecule has 2 aliphatic heterocycles. The van der Waals surface area contributed by atoms with E-state index in [1.54, 1.807) is 23.1 Å². The lowest BCUT2D eigenvalue weighted by Crippen LogP contribution is -2.52. The van der Waals surface area contributed by atoms with Gasteiger partial charge in [-0.3, -0.25) is 19.3 Å². The number of para-hydroxylation sites is 1. The molecule has 2 heterocycles. The minimum Gasteiger partial charge on any atom is -0.366 e. The molecule has 0 bridgehead atoms. The highest BCUT2D eigenvalue weighted by Gasteiger charge is 2.48. The first-order valence-corrected chi connectivity index (χ1v) is 9.69. The second kappa shape index (κ2) is 7.29. The quantitative estimate of drug-likeness (QED) is 0.756. The third-order valence-corrected chi connectivity index (χ3v) is 6.05. The van der Waals surface area contributed by atoms with Gasteiger partial charge in [0.15, 0.2) is 0 Å². The summed E-state index contributed by atoms with van der Waals surface area (Å²) in [7, 11) is 0. The fourth-order valence-electron chi connectivity index (χ4n) is 4.53. The SMILES string of the molecule is O=C(CN1C(=O)[C@H]2CCCC[C@H]2C1=O)N1CCN(c2ccccc2F)CC1. The van der Waals surface area contributed by atoms with Crippen LogP contribution in [0.4, 0.5) is 10.1 Å². The molecule has 1 aliphatic carbocycles. The van der Waals surface area contributed by atoms with Gasteiger partial charge in [0, 0.05) is 26.2 Å². The van der Waals surface area contributed by atoms with Crippen LogP contribution in [-0.4, -0.2) is 60.2 Å². The van der Waals surface area contributed by atoms with E-state index in [1.165, 1.54) is 11.0 Å². The molecule has 1 aromatic carbocycles. The van der Waals surface area contributed by atoms with E-state index >= 15 is 0 Å². The zero-order valence-electron chi connectivity index (χ0n) is 15.3. The summed E-state index contributed by atoms with van der Waals surface area (Å²) in [4.78, 5) is 42.5. The van der Waals surface area contributed by atoms with E-state index in [1.807, 2.05) is 4.90 Å². The van der Waals surface area contributed by atoms with E-state index in [4.69, 9.17) is 0 Å². The molecule has 0 radical (unpaired) electrons. The predicted molar refractivity (Wildman–Crippen MR) is 97.4 cm³/mol. The van der Waals surface area contributed by atoms with Gasteiger partial charge in [-0.05, 0) is 25.0 Å². The van der Waals surface area contributed by atoms with Crippen LogP contribution in [-0.2, 0) is 14.4 Å². The second-order valence-corrected chi connectivity index (χ2v) is 7.58. The van der Waals surface area contributed by atoms with Crippen molar-refractivity contribution in [2.45, 2.75) is 25.7 Å². The number of anilines is 1. The Morgan fingerprint density at radius 2 is 1.56 bits per heavy atom. The Morgan fingerprint density at radius 1 is 0.963 bits per heavy atom. The molecule has 4 rings (SSSR count). The lowest BCUT2D eigenvalue weighted by atomic mass is 9.81. The standard InChI is InChI=1S/C20H24FN3O3/c21-16-7-3-4-8-17(16)22-9-11-23(12-10-22)18(25)13-24-19(26)14-5-1-2-6-15(14)20(24)27/h3-4,7-8,14-15H,1-2,5-6,9-13H2/t14-,15+. The maximum atomic E-state index is 13.9. The van der Waals surface area contributed by atoms with Gasteiger partial charge in [-0.1, -0.05) is 25.0 Å². The highest BCUT2D eigenvalue weighted by atomic mass is 19.1. The number of amides is 3. The zero-order chi connectivity index (χ0) is 19.0. The van der Waals surface area contributed by atoms with Crippen molar-refractivity contribution < 1.29 is 18.8 Å². The van der Waals surface area contributed by atoms with E-state index < -0.39 is 0 Å². The number of piperazine rings is 1. The van der Waals surface area contributed by atoms with Crippen molar-refractivity contribution in [3.05, 3.63) is 30.1 Å². The van der Waals surface area contributed by atoms with Crippen LogP contribution >= 0.6 is 0 Å². The van der Waals surface area contributed by atoms with Crippen LogP contribution in [0.3, 0.4) is 0 Å². The minimum absolute atomic E-state index is 0.162. The molecule has 2 saturated heterocycles. The molecule has 144 valence electrons. The fraction of sp³-hybridized carbons (Fsp3) is 0.550. The number of carbonyl (C=O) groups is 3. The summed E-state index contributed by atoms with van der Waals surface area (Å²) < 4.78 is 13.9. The number of benzene rings is 1. The molecule has 27 heavy (non-hydrogen) atoms. The van der Waals surface area contributed by atoms with Crippen molar-refractivity contribution in [1.29, 1.82) is 0 Å². The van der Waals surface area contributed by atoms with E-state index in [0.717, 1.165) is 25.7 Å². The Hall–Kier alpha value is -2.44. The van der Waals surface area contributed by atoms with Crippen molar-refractivity contribution in [2.75, 3.05) is 37.6 Å². The van der Waals surface area contributed by atoms with Gasteiger partial charge in [-0.25, -0.2) is 4.39 Å². The molecule has 6 nitrogen and oxygen atoms in total. The Bertz CT molecular complexity index is 737. The van der Waals surface area contributed by atoms with Crippen molar-refractivity contribution >= 4 is 23.4 Å². The lowest BCUT2D eigenvalue weighted by molar-refractivity contribution is -0.146. The third-order valence-electron chi connectivity index (χ3n) is 6.05. The number of halogens is 1.